The molecule has 1 amide bonds. The van der Waals surface area contributed by atoms with Crippen LogP contribution in [0.25, 0.3) is 0 Å². The Bertz CT molecular complexity index is 571. The van der Waals surface area contributed by atoms with E-state index in [1.807, 2.05) is 6.92 Å². The molecule has 0 aliphatic carbocycles. The Morgan fingerprint density at radius 1 is 1.40 bits per heavy atom. The largest absolute Gasteiger partial charge is 0.355 e. The Morgan fingerprint density at radius 2 is 2.10 bits per heavy atom. The third-order valence-electron chi connectivity index (χ3n) is 3.13. The summed E-state index contributed by atoms with van der Waals surface area (Å²) in [6.45, 7) is 3.01. The standard InChI is InChI=1S/C12H18N4O3S/c1-2-13-12-15-6-10(7-16-12)11(17)14-5-9-3-4-20(18,19)8-9/h6-7,9H,2-5,8H2,1H3,(H,14,17)(H,13,15,16). The fraction of sp³-hybridized carbons (Fsp3) is 0.583. The molecule has 1 atom stereocenters. The van der Waals surface area contributed by atoms with Crippen molar-refractivity contribution in [1.82, 2.24) is 15.3 Å². The van der Waals surface area contributed by atoms with Gasteiger partial charge >= 0.3 is 0 Å². The predicted molar refractivity (Wildman–Crippen MR) is 75.3 cm³/mol. The summed E-state index contributed by atoms with van der Waals surface area (Å²) in [4.78, 5) is 19.9. The molecule has 2 rings (SSSR count). The van der Waals surface area contributed by atoms with Crippen molar-refractivity contribution >= 4 is 21.7 Å². The van der Waals surface area contributed by atoms with Gasteiger partial charge in [0, 0.05) is 25.5 Å². The summed E-state index contributed by atoms with van der Waals surface area (Å²) < 4.78 is 22.6. The number of anilines is 1. The second-order valence-corrected chi connectivity index (χ2v) is 7.03. The molecule has 1 aliphatic rings. The predicted octanol–water partition coefficient (Wildman–Crippen LogP) is 0.0729. The number of rotatable bonds is 5. The molecule has 1 fully saturated rings. The zero-order chi connectivity index (χ0) is 14.6. The van der Waals surface area contributed by atoms with Gasteiger partial charge in [0.15, 0.2) is 9.84 Å². The third-order valence-corrected chi connectivity index (χ3v) is 4.96. The topological polar surface area (TPSA) is 101 Å². The SMILES string of the molecule is CCNc1ncc(C(=O)NCC2CCS(=O)(=O)C2)cn1. The maximum atomic E-state index is 11.9. The minimum atomic E-state index is -2.90. The molecule has 0 bridgehead atoms. The monoisotopic (exact) mass is 298 g/mol. The van der Waals surface area contributed by atoms with Crippen LogP contribution in [0.1, 0.15) is 23.7 Å². The number of nitrogens with one attached hydrogen (secondary N) is 2. The maximum absolute atomic E-state index is 11.9. The summed E-state index contributed by atoms with van der Waals surface area (Å²) in [5.74, 6) is 0.575. The molecule has 0 aromatic carbocycles. The van der Waals surface area contributed by atoms with E-state index >= 15 is 0 Å². The van der Waals surface area contributed by atoms with Crippen molar-refractivity contribution in [2.24, 2.45) is 5.92 Å². The van der Waals surface area contributed by atoms with Crippen LogP contribution in [-0.2, 0) is 9.84 Å². The molecule has 1 saturated heterocycles. The Morgan fingerprint density at radius 3 is 2.65 bits per heavy atom. The average molecular weight is 298 g/mol. The number of hydrogen-bond acceptors (Lipinski definition) is 6. The van der Waals surface area contributed by atoms with Gasteiger partial charge in [-0.3, -0.25) is 4.79 Å². The quantitative estimate of drug-likeness (QED) is 0.798. The highest BCUT2D eigenvalue weighted by Crippen LogP contribution is 2.17. The summed E-state index contributed by atoms with van der Waals surface area (Å²) in [6.07, 6.45) is 3.51. The van der Waals surface area contributed by atoms with Crippen LogP contribution in [-0.4, -0.2) is 48.9 Å². The van der Waals surface area contributed by atoms with E-state index in [4.69, 9.17) is 0 Å². The van der Waals surface area contributed by atoms with Gasteiger partial charge in [-0.1, -0.05) is 0 Å². The van der Waals surface area contributed by atoms with Gasteiger partial charge in [-0.05, 0) is 19.3 Å². The van der Waals surface area contributed by atoms with Gasteiger partial charge in [-0.15, -0.1) is 0 Å². The molecular weight excluding hydrogens is 280 g/mol. The fourth-order valence-electron chi connectivity index (χ4n) is 2.07. The van der Waals surface area contributed by atoms with Crippen molar-refractivity contribution in [3.63, 3.8) is 0 Å². The second-order valence-electron chi connectivity index (χ2n) is 4.80. The van der Waals surface area contributed by atoms with Gasteiger partial charge in [-0.25, -0.2) is 18.4 Å². The summed E-state index contributed by atoms with van der Waals surface area (Å²) in [5, 5.41) is 5.67. The number of carbonyl (C=O) groups is 1. The molecule has 0 radical (unpaired) electrons. The van der Waals surface area contributed by atoms with E-state index in [-0.39, 0.29) is 23.3 Å². The molecule has 20 heavy (non-hydrogen) atoms. The first kappa shape index (κ1) is 14.7. The summed E-state index contributed by atoms with van der Waals surface area (Å²) >= 11 is 0. The molecule has 2 N–H and O–H groups in total. The van der Waals surface area contributed by atoms with E-state index in [1.54, 1.807) is 0 Å². The van der Waals surface area contributed by atoms with E-state index < -0.39 is 9.84 Å². The third kappa shape index (κ3) is 3.89. The molecule has 0 saturated carbocycles. The highest BCUT2D eigenvalue weighted by molar-refractivity contribution is 7.91. The van der Waals surface area contributed by atoms with Crippen molar-refractivity contribution in [3.8, 4) is 0 Å². The van der Waals surface area contributed by atoms with Gasteiger partial charge in [-0.2, -0.15) is 0 Å². The first-order valence-electron chi connectivity index (χ1n) is 6.54. The summed E-state index contributed by atoms with van der Waals surface area (Å²) in [5.41, 5.74) is 0.368. The molecule has 1 aromatic heterocycles. The summed E-state index contributed by atoms with van der Waals surface area (Å²) in [7, 11) is -2.90. The van der Waals surface area contributed by atoms with Crippen LogP contribution in [0.4, 0.5) is 5.95 Å². The van der Waals surface area contributed by atoms with Crippen molar-refractivity contribution in [3.05, 3.63) is 18.0 Å². The molecule has 8 heteroatoms. The first-order valence-corrected chi connectivity index (χ1v) is 8.37. The van der Waals surface area contributed by atoms with E-state index in [1.165, 1.54) is 12.4 Å². The zero-order valence-electron chi connectivity index (χ0n) is 11.3. The van der Waals surface area contributed by atoms with Gasteiger partial charge in [0.05, 0.1) is 17.1 Å². The normalized spacial score (nSPS) is 20.6. The lowest BCUT2D eigenvalue weighted by atomic mass is 10.1. The smallest absolute Gasteiger partial charge is 0.254 e. The number of amides is 1. The molecule has 1 unspecified atom stereocenters. The van der Waals surface area contributed by atoms with Gasteiger partial charge in [0.2, 0.25) is 5.95 Å². The van der Waals surface area contributed by atoms with Gasteiger partial charge < -0.3 is 10.6 Å². The number of aromatic nitrogens is 2. The van der Waals surface area contributed by atoms with Crippen LogP contribution in [0.15, 0.2) is 12.4 Å². The summed E-state index contributed by atoms with van der Waals surface area (Å²) in [6, 6.07) is 0. The Balaban J connectivity index is 1.86. The van der Waals surface area contributed by atoms with Gasteiger partial charge in [0.1, 0.15) is 0 Å². The van der Waals surface area contributed by atoms with Crippen LogP contribution in [0.3, 0.4) is 0 Å². The van der Waals surface area contributed by atoms with Crippen molar-refractivity contribution in [2.45, 2.75) is 13.3 Å². The van der Waals surface area contributed by atoms with Crippen molar-refractivity contribution in [2.75, 3.05) is 29.9 Å². The minimum Gasteiger partial charge on any atom is -0.355 e. The van der Waals surface area contributed by atoms with Crippen LogP contribution in [0.5, 0.6) is 0 Å². The van der Waals surface area contributed by atoms with Gasteiger partial charge in [0.25, 0.3) is 5.91 Å². The van der Waals surface area contributed by atoms with Crippen LogP contribution in [0, 0.1) is 5.92 Å². The lowest BCUT2D eigenvalue weighted by Gasteiger charge is -2.09. The van der Waals surface area contributed by atoms with E-state index in [2.05, 4.69) is 20.6 Å². The minimum absolute atomic E-state index is 0.00546. The Labute approximate surface area is 118 Å². The highest BCUT2D eigenvalue weighted by Gasteiger charge is 2.28. The van der Waals surface area contributed by atoms with Crippen molar-refractivity contribution < 1.29 is 13.2 Å². The number of nitrogens with zero attached hydrogens (tertiary/aromatic N) is 2. The van der Waals surface area contributed by atoms with Crippen molar-refractivity contribution in [1.29, 1.82) is 0 Å². The maximum Gasteiger partial charge on any atom is 0.254 e. The van der Waals surface area contributed by atoms with E-state index in [0.29, 0.717) is 31.0 Å². The van der Waals surface area contributed by atoms with Crippen LogP contribution in [0.2, 0.25) is 0 Å². The molecule has 110 valence electrons. The Kier molecular flexibility index (Phi) is 4.53. The second kappa shape index (κ2) is 6.17. The van der Waals surface area contributed by atoms with E-state index in [9.17, 15) is 13.2 Å². The number of hydrogen-bond donors (Lipinski definition) is 2. The average Bonchev–Trinajstić information content (AvgIpc) is 2.77. The number of sulfone groups is 1. The molecule has 1 aromatic rings. The molecule has 0 spiro atoms. The van der Waals surface area contributed by atoms with Crippen LogP contribution < -0.4 is 10.6 Å². The molecule has 1 aliphatic heterocycles. The lowest BCUT2D eigenvalue weighted by molar-refractivity contribution is 0.0947. The first-order chi connectivity index (χ1) is 9.50. The zero-order valence-corrected chi connectivity index (χ0v) is 12.1. The fourth-order valence-corrected chi connectivity index (χ4v) is 3.93. The van der Waals surface area contributed by atoms with E-state index in [0.717, 1.165) is 0 Å². The highest BCUT2D eigenvalue weighted by atomic mass is 32.2. The lowest BCUT2D eigenvalue weighted by Crippen LogP contribution is -2.30. The van der Waals surface area contributed by atoms with Crippen LogP contribution >= 0.6 is 0 Å². The molecular formula is C12H18N4O3S. The molecule has 7 nitrogen and oxygen atoms in total. The Hall–Kier alpha value is -1.70. The number of carbonyl (C=O) groups excluding carboxylic acids is 1. The molecule has 2 heterocycles.